The van der Waals surface area contributed by atoms with E-state index in [4.69, 9.17) is 0 Å². The van der Waals surface area contributed by atoms with Crippen molar-refractivity contribution < 1.29 is 4.79 Å². The number of fused-ring (bicyclic) bond motifs is 2. The fraction of sp³-hybridized carbons (Fsp3) is 0.889. The van der Waals surface area contributed by atoms with E-state index in [0.29, 0.717) is 0 Å². The highest BCUT2D eigenvalue weighted by molar-refractivity contribution is 5.95. The van der Waals surface area contributed by atoms with Crippen molar-refractivity contribution in [2.24, 2.45) is 28.2 Å². The average molecular weight is 277 g/mol. The van der Waals surface area contributed by atoms with Crippen LogP contribution >= 0.6 is 0 Å². The Labute approximate surface area is 124 Å². The molecule has 0 radical (unpaired) electrons. The summed E-state index contributed by atoms with van der Waals surface area (Å²) in [6.07, 6.45) is 10.6. The van der Waals surface area contributed by atoms with Crippen LogP contribution in [0.25, 0.3) is 0 Å². The third-order valence-electron chi connectivity index (χ3n) is 5.64. The van der Waals surface area contributed by atoms with Crippen molar-refractivity contribution >= 4 is 11.6 Å². The van der Waals surface area contributed by atoms with E-state index in [2.05, 4.69) is 11.9 Å². The zero-order valence-electron chi connectivity index (χ0n) is 13.7. The highest BCUT2D eigenvalue weighted by Gasteiger charge is 2.36. The molecule has 2 heteroatoms. The Hall–Kier alpha value is -0.660. The second-order valence-electron chi connectivity index (χ2n) is 7.78. The van der Waals surface area contributed by atoms with Crippen LogP contribution in [0.4, 0.5) is 0 Å². The Morgan fingerprint density at radius 2 is 1.75 bits per heavy atom. The highest BCUT2D eigenvalue weighted by Crippen LogP contribution is 2.47. The lowest BCUT2D eigenvalue weighted by molar-refractivity contribution is -0.126. The lowest BCUT2D eigenvalue weighted by Gasteiger charge is -2.18. The van der Waals surface area contributed by atoms with Crippen LogP contribution in [0.15, 0.2) is 4.99 Å². The molecule has 0 saturated heterocycles. The van der Waals surface area contributed by atoms with Gasteiger partial charge in [-0.1, -0.05) is 33.1 Å². The van der Waals surface area contributed by atoms with E-state index < -0.39 is 0 Å². The topological polar surface area (TPSA) is 29.4 Å². The van der Waals surface area contributed by atoms with Gasteiger partial charge in [0.15, 0.2) is 0 Å². The van der Waals surface area contributed by atoms with E-state index in [0.717, 1.165) is 36.3 Å². The maximum atomic E-state index is 11.6. The minimum atomic E-state index is -0.142. The van der Waals surface area contributed by atoms with Crippen molar-refractivity contribution in [3.63, 3.8) is 0 Å². The number of nitrogens with zero attached hydrogens (tertiary/aromatic N) is 1. The average Bonchev–Trinajstić information content (AvgIpc) is 3.05. The first-order valence-electron chi connectivity index (χ1n) is 8.47. The zero-order valence-corrected chi connectivity index (χ0v) is 13.7. The molecule has 3 rings (SSSR count). The molecule has 2 bridgehead atoms. The minimum absolute atomic E-state index is 0.0833. The maximum absolute atomic E-state index is 11.6. The number of hydrogen-bond acceptors (Lipinski definition) is 1. The van der Waals surface area contributed by atoms with Gasteiger partial charge in [-0.05, 0) is 63.7 Å². The summed E-state index contributed by atoms with van der Waals surface area (Å²) in [6, 6.07) is 0. The van der Waals surface area contributed by atoms with Gasteiger partial charge in [-0.15, -0.1) is 0 Å². The molecule has 3 aliphatic rings. The first-order valence-corrected chi connectivity index (χ1v) is 8.47. The third kappa shape index (κ3) is 3.71. The quantitative estimate of drug-likeness (QED) is 0.619. The summed E-state index contributed by atoms with van der Waals surface area (Å²) in [5.74, 6) is 3.45. The first kappa shape index (κ1) is 15.7. The first-order chi connectivity index (χ1) is 9.40. The van der Waals surface area contributed by atoms with E-state index in [1.165, 1.54) is 12.8 Å². The van der Waals surface area contributed by atoms with Crippen LogP contribution in [-0.4, -0.2) is 11.6 Å². The smallest absolute Gasteiger partial charge is 0.251 e. The summed E-state index contributed by atoms with van der Waals surface area (Å²) in [5.41, 5.74) is 0.727. The normalized spacial score (nSPS) is 33.5. The molecule has 20 heavy (non-hydrogen) atoms. The van der Waals surface area contributed by atoms with Crippen molar-refractivity contribution in [2.75, 3.05) is 0 Å². The second-order valence-corrected chi connectivity index (χ2v) is 7.78. The molecule has 3 unspecified atom stereocenters. The molecule has 3 atom stereocenters. The van der Waals surface area contributed by atoms with E-state index >= 15 is 0 Å². The third-order valence-corrected chi connectivity index (χ3v) is 5.64. The molecule has 114 valence electrons. The number of carbonyl (C=O) groups is 1. The number of rotatable bonds is 1. The predicted octanol–water partition coefficient (Wildman–Crippen LogP) is 5.02. The Morgan fingerprint density at radius 3 is 2.10 bits per heavy atom. The van der Waals surface area contributed by atoms with Crippen LogP contribution < -0.4 is 0 Å². The van der Waals surface area contributed by atoms with Crippen LogP contribution in [-0.2, 0) is 4.79 Å². The fourth-order valence-electron chi connectivity index (χ4n) is 4.27. The van der Waals surface area contributed by atoms with Gasteiger partial charge in [-0.25, -0.2) is 4.99 Å². The van der Waals surface area contributed by atoms with E-state index in [-0.39, 0.29) is 11.3 Å². The molecule has 0 heterocycles. The van der Waals surface area contributed by atoms with Gasteiger partial charge in [-0.3, -0.25) is 4.79 Å². The van der Waals surface area contributed by atoms with Gasteiger partial charge in [0.25, 0.3) is 5.91 Å². The summed E-state index contributed by atoms with van der Waals surface area (Å²) in [4.78, 5) is 15.6. The molecule has 3 fully saturated rings. The molecule has 3 aliphatic carbocycles. The molecule has 0 spiro atoms. The Balaban J connectivity index is 0.000000157. The SMILES string of the molecule is CC(C)=NC(=O)C1(C)CCCC1.CC1CC2CCC1C2. The van der Waals surface area contributed by atoms with E-state index in [1.807, 2.05) is 20.8 Å². The Morgan fingerprint density at radius 1 is 1.10 bits per heavy atom. The van der Waals surface area contributed by atoms with Crippen molar-refractivity contribution in [2.45, 2.75) is 79.1 Å². The number of hydrogen-bond donors (Lipinski definition) is 0. The van der Waals surface area contributed by atoms with E-state index in [1.54, 1.807) is 25.7 Å². The Kier molecular flexibility index (Phi) is 5.04. The highest BCUT2D eigenvalue weighted by atomic mass is 16.1. The Bertz CT molecular complexity index is 373. The van der Waals surface area contributed by atoms with Crippen molar-refractivity contribution in [1.29, 1.82) is 0 Å². The molecule has 0 aliphatic heterocycles. The monoisotopic (exact) mass is 277 g/mol. The van der Waals surface area contributed by atoms with Gasteiger partial charge in [0, 0.05) is 11.1 Å². The lowest BCUT2D eigenvalue weighted by Crippen LogP contribution is -2.22. The molecular formula is C18H31NO. The van der Waals surface area contributed by atoms with Gasteiger partial charge in [0.05, 0.1) is 0 Å². The summed E-state index contributed by atoms with van der Waals surface area (Å²) in [5, 5.41) is 0. The van der Waals surface area contributed by atoms with Gasteiger partial charge < -0.3 is 0 Å². The number of amides is 1. The van der Waals surface area contributed by atoms with Crippen LogP contribution in [0.3, 0.4) is 0 Å². The van der Waals surface area contributed by atoms with E-state index in [9.17, 15) is 4.79 Å². The second kappa shape index (κ2) is 6.41. The number of carbonyl (C=O) groups excluding carboxylic acids is 1. The number of aliphatic imine (C=N–C) groups is 1. The molecule has 1 amide bonds. The van der Waals surface area contributed by atoms with Gasteiger partial charge >= 0.3 is 0 Å². The molecule has 0 aromatic heterocycles. The van der Waals surface area contributed by atoms with Crippen LogP contribution in [0.2, 0.25) is 0 Å². The predicted molar refractivity (Wildman–Crippen MR) is 85.0 cm³/mol. The minimum Gasteiger partial charge on any atom is -0.272 e. The molecule has 2 nitrogen and oxygen atoms in total. The standard InChI is InChI=1S/C10H17NO.C8H14/c1-8(2)11-9(12)10(3)6-4-5-7-10;1-6-4-7-2-3-8(6)5-7/h4-7H2,1-3H3;6-8H,2-5H2,1H3. The molecule has 0 aromatic rings. The summed E-state index contributed by atoms with van der Waals surface area (Å²) < 4.78 is 0. The van der Waals surface area contributed by atoms with Crippen molar-refractivity contribution in [3.8, 4) is 0 Å². The molecule has 0 aromatic carbocycles. The molecule has 0 N–H and O–H groups in total. The fourth-order valence-corrected chi connectivity index (χ4v) is 4.27. The van der Waals surface area contributed by atoms with Crippen molar-refractivity contribution in [1.82, 2.24) is 0 Å². The van der Waals surface area contributed by atoms with Gasteiger partial charge in [0.1, 0.15) is 0 Å². The largest absolute Gasteiger partial charge is 0.272 e. The van der Waals surface area contributed by atoms with Crippen LogP contribution in [0.1, 0.15) is 79.1 Å². The molecular weight excluding hydrogens is 246 g/mol. The maximum Gasteiger partial charge on any atom is 0.251 e. The zero-order chi connectivity index (χ0) is 14.8. The van der Waals surface area contributed by atoms with Crippen molar-refractivity contribution in [3.05, 3.63) is 0 Å². The lowest BCUT2D eigenvalue weighted by atomic mass is 9.88. The van der Waals surface area contributed by atoms with Gasteiger partial charge in [0.2, 0.25) is 0 Å². The summed E-state index contributed by atoms with van der Waals surface area (Å²) >= 11 is 0. The summed E-state index contributed by atoms with van der Waals surface area (Å²) in [7, 11) is 0. The molecule has 3 saturated carbocycles. The van der Waals surface area contributed by atoms with Crippen LogP contribution in [0.5, 0.6) is 0 Å². The van der Waals surface area contributed by atoms with Crippen LogP contribution in [0, 0.1) is 23.2 Å². The summed E-state index contributed by atoms with van der Waals surface area (Å²) in [6.45, 7) is 8.20. The van der Waals surface area contributed by atoms with Gasteiger partial charge in [-0.2, -0.15) is 0 Å².